The van der Waals surface area contributed by atoms with E-state index in [0.717, 1.165) is 16.8 Å². The molecule has 8 nitrogen and oxygen atoms in total. The highest BCUT2D eigenvalue weighted by Crippen LogP contribution is 2.31. The zero-order valence-electron chi connectivity index (χ0n) is 16.4. The van der Waals surface area contributed by atoms with Gasteiger partial charge in [0.2, 0.25) is 17.6 Å². The topological polar surface area (TPSA) is 97.1 Å². The Kier molecular flexibility index (Phi) is 4.91. The molecule has 31 heavy (non-hydrogen) atoms. The van der Waals surface area contributed by atoms with E-state index in [4.69, 9.17) is 9.26 Å². The van der Waals surface area contributed by atoms with Crippen LogP contribution < -0.4 is 9.64 Å². The van der Waals surface area contributed by atoms with Gasteiger partial charge in [-0.15, -0.1) is 0 Å². The third-order valence-electron chi connectivity index (χ3n) is 5.15. The van der Waals surface area contributed by atoms with Crippen molar-refractivity contribution in [3.8, 4) is 17.1 Å². The van der Waals surface area contributed by atoms with Gasteiger partial charge in [0.25, 0.3) is 0 Å². The number of rotatable bonds is 6. The number of benzene rings is 2. The second kappa shape index (κ2) is 8.02. The molecule has 5 rings (SSSR count). The van der Waals surface area contributed by atoms with Crippen molar-refractivity contribution in [1.82, 2.24) is 20.3 Å². The number of para-hydroxylation sites is 1. The molecule has 9 heteroatoms. The second-order valence-electron chi connectivity index (χ2n) is 7.23. The maximum atomic E-state index is 13.7. The summed E-state index contributed by atoms with van der Waals surface area (Å²) in [7, 11) is 0. The van der Waals surface area contributed by atoms with Crippen LogP contribution in [0.5, 0.6) is 5.75 Å². The largest absolute Gasteiger partial charge is 0.486 e. The van der Waals surface area contributed by atoms with E-state index in [1.807, 2.05) is 24.3 Å². The molecule has 1 saturated heterocycles. The molecule has 0 unspecified atom stereocenters. The van der Waals surface area contributed by atoms with E-state index in [1.165, 1.54) is 6.07 Å². The molecule has 1 atom stereocenters. The Balaban J connectivity index is 1.25. The van der Waals surface area contributed by atoms with Gasteiger partial charge < -0.3 is 14.2 Å². The molecule has 2 aromatic carbocycles. The van der Waals surface area contributed by atoms with E-state index < -0.39 is 5.82 Å². The Morgan fingerprint density at radius 3 is 2.81 bits per heavy atom. The molecular formula is C22H18FN5O3. The van der Waals surface area contributed by atoms with Crippen LogP contribution in [0.1, 0.15) is 23.8 Å². The third-order valence-corrected chi connectivity index (χ3v) is 5.15. The number of ether oxygens (including phenoxy) is 1. The van der Waals surface area contributed by atoms with Crippen LogP contribution in [0.15, 0.2) is 65.4 Å². The molecule has 0 radical (unpaired) electrons. The average molecular weight is 419 g/mol. The molecule has 3 heterocycles. The van der Waals surface area contributed by atoms with Crippen LogP contribution in [0, 0.1) is 5.82 Å². The SMILES string of the molecule is O=C1C[C@H](c2nc(-c3ccc(COc4ccccc4F)cc3)no2)CN1c1cn[nH]c1. The number of carbonyl (C=O) groups is 1. The number of carbonyl (C=O) groups excluding carboxylic acids is 1. The summed E-state index contributed by atoms with van der Waals surface area (Å²) in [6, 6.07) is 13.7. The first-order valence-corrected chi connectivity index (χ1v) is 9.77. The highest BCUT2D eigenvalue weighted by atomic mass is 19.1. The predicted octanol–water partition coefficient (Wildman–Crippen LogP) is 3.70. The number of hydrogen-bond acceptors (Lipinski definition) is 6. The minimum atomic E-state index is -0.393. The average Bonchev–Trinajstić information content (AvgIpc) is 3.54. The molecule has 1 N–H and O–H groups in total. The van der Waals surface area contributed by atoms with Crippen molar-refractivity contribution < 1.29 is 18.4 Å². The van der Waals surface area contributed by atoms with E-state index >= 15 is 0 Å². The fourth-order valence-corrected chi connectivity index (χ4v) is 3.51. The molecule has 1 fully saturated rings. The summed E-state index contributed by atoms with van der Waals surface area (Å²) in [5.74, 6) is 0.523. The van der Waals surface area contributed by atoms with Crippen molar-refractivity contribution in [3.05, 3.63) is 78.2 Å². The molecule has 0 spiro atoms. The first kappa shape index (κ1) is 19.0. The molecule has 0 bridgehead atoms. The summed E-state index contributed by atoms with van der Waals surface area (Å²) >= 11 is 0. The lowest BCUT2D eigenvalue weighted by atomic mass is 10.1. The number of amides is 1. The van der Waals surface area contributed by atoms with Crippen LogP contribution in [0.2, 0.25) is 0 Å². The maximum Gasteiger partial charge on any atom is 0.232 e. The molecule has 2 aromatic heterocycles. The first-order chi connectivity index (χ1) is 15.2. The lowest BCUT2D eigenvalue weighted by molar-refractivity contribution is -0.117. The standard InChI is InChI=1S/C22H18FN5O3/c23-18-3-1-2-4-19(18)30-13-14-5-7-15(8-6-14)21-26-22(31-27-21)16-9-20(29)28(12-16)17-10-24-25-11-17/h1-8,10-11,16H,9,12-13H2,(H,24,25)/t16-/m0/s1. The lowest BCUT2D eigenvalue weighted by Crippen LogP contribution is -2.23. The van der Waals surface area contributed by atoms with Crippen molar-refractivity contribution in [1.29, 1.82) is 0 Å². The van der Waals surface area contributed by atoms with Gasteiger partial charge in [-0.1, -0.05) is 41.6 Å². The minimum absolute atomic E-state index is 0.00893. The minimum Gasteiger partial charge on any atom is -0.486 e. The van der Waals surface area contributed by atoms with E-state index in [2.05, 4.69) is 20.3 Å². The Bertz CT molecular complexity index is 1190. The van der Waals surface area contributed by atoms with Crippen LogP contribution >= 0.6 is 0 Å². The summed E-state index contributed by atoms with van der Waals surface area (Å²) < 4.78 is 24.6. The van der Waals surface area contributed by atoms with E-state index in [9.17, 15) is 9.18 Å². The molecular weight excluding hydrogens is 401 g/mol. The molecule has 156 valence electrons. The van der Waals surface area contributed by atoms with Crippen LogP contribution in [-0.4, -0.2) is 32.8 Å². The normalized spacial score (nSPS) is 16.1. The van der Waals surface area contributed by atoms with Gasteiger partial charge in [-0.25, -0.2) is 4.39 Å². The number of hydrogen-bond donors (Lipinski definition) is 1. The van der Waals surface area contributed by atoms with Gasteiger partial charge in [0.05, 0.1) is 17.8 Å². The number of H-pyrrole nitrogens is 1. The molecule has 0 saturated carbocycles. The zero-order valence-corrected chi connectivity index (χ0v) is 16.4. The first-order valence-electron chi connectivity index (χ1n) is 9.77. The van der Waals surface area contributed by atoms with Gasteiger partial charge >= 0.3 is 0 Å². The van der Waals surface area contributed by atoms with Crippen molar-refractivity contribution in [2.75, 3.05) is 11.4 Å². The van der Waals surface area contributed by atoms with Crippen molar-refractivity contribution in [3.63, 3.8) is 0 Å². The maximum absolute atomic E-state index is 13.7. The Labute approximate surface area is 176 Å². The molecule has 1 amide bonds. The second-order valence-corrected chi connectivity index (χ2v) is 7.23. The van der Waals surface area contributed by atoms with Gasteiger partial charge in [-0.2, -0.15) is 10.1 Å². The van der Waals surface area contributed by atoms with Gasteiger partial charge in [0, 0.05) is 24.7 Å². The molecule has 4 aromatic rings. The highest BCUT2D eigenvalue weighted by Gasteiger charge is 2.35. The fourth-order valence-electron chi connectivity index (χ4n) is 3.51. The summed E-state index contributed by atoms with van der Waals surface area (Å²) in [6.07, 6.45) is 3.59. The van der Waals surface area contributed by atoms with E-state index in [0.29, 0.717) is 24.7 Å². The highest BCUT2D eigenvalue weighted by molar-refractivity contribution is 5.96. The Hall–Kier alpha value is -4.01. The van der Waals surface area contributed by atoms with Gasteiger partial charge in [0.1, 0.15) is 6.61 Å². The monoisotopic (exact) mass is 419 g/mol. The van der Waals surface area contributed by atoms with Crippen molar-refractivity contribution in [2.45, 2.75) is 18.9 Å². The zero-order chi connectivity index (χ0) is 21.2. The van der Waals surface area contributed by atoms with Crippen molar-refractivity contribution in [2.24, 2.45) is 0 Å². The summed E-state index contributed by atoms with van der Waals surface area (Å²) in [4.78, 5) is 18.5. The Morgan fingerprint density at radius 2 is 2.03 bits per heavy atom. The smallest absolute Gasteiger partial charge is 0.232 e. The predicted molar refractivity (Wildman–Crippen MR) is 109 cm³/mol. The van der Waals surface area contributed by atoms with Crippen molar-refractivity contribution >= 4 is 11.6 Å². The van der Waals surface area contributed by atoms with E-state index in [-0.39, 0.29) is 24.2 Å². The number of anilines is 1. The van der Waals surface area contributed by atoms with Crippen LogP contribution in [-0.2, 0) is 11.4 Å². The number of aromatic amines is 1. The molecule has 1 aliphatic rings. The molecule has 1 aliphatic heterocycles. The van der Waals surface area contributed by atoms with Gasteiger partial charge in [0.15, 0.2) is 11.6 Å². The third kappa shape index (κ3) is 3.89. The Morgan fingerprint density at radius 1 is 1.19 bits per heavy atom. The molecule has 0 aliphatic carbocycles. The number of nitrogens with one attached hydrogen (secondary N) is 1. The quantitative estimate of drug-likeness (QED) is 0.512. The number of aromatic nitrogens is 4. The summed E-state index contributed by atoms with van der Waals surface area (Å²) in [5, 5.41) is 10.7. The summed E-state index contributed by atoms with van der Waals surface area (Å²) in [5.41, 5.74) is 2.38. The fraction of sp³-hybridized carbons (Fsp3) is 0.182. The number of halogens is 1. The van der Waals surface area contributed by atoms with Crippen LogP contribution in [0.4, 0.5) is 10.1 Å². The summed E-state index contributed by atoms with van der Waals surface area (Å²) in [6.45, 7) is 0.707. The van der Waals surface area contributed by atoms with Gasteiger partial charge in [-0.05, 0) is 17.7 Å². The number of nitrogens with zero attached hydrogens (tertiary/aromatic N) is 4. The van der Waals surface area contributed by atoms with Gasteiger partial charge in [-0.3, -0.25) is 9.89 Å². The van der Waals surface area contributed by atoms with E-state index in [1.54, 1.807) is 35.5 Å². The lowest BCUT2D eigenvalue weighted by Gasteiger charge is -2.12. The van der Waals surface area contributed by atoms with Crippen LogP contribution in [0.3, 0.4) is 0 Å². The van der Waals surface area contributed by atoms with Crippen LogP contribution in [0.25, 0.3) is 11.4 Å².